The Balaban J connectivity index is 1.52. The largest absolute Gasteiger partial charge is 0.420 e. The SMILES string of the molecule is CCc1ccc(NS(=O)(=O)c2ccc(-c3nnc(C4CCC4)o3)s2)cc1. The molecule has 4 rings (SSSR count). The first kappa shape index (κ1) is 17.2. The summed E-state index contributed by atoms with van der Waals surface area (Å²) in [6.07, 6.45) is 4.25. The summed E-state index contributed by atoms with van der Waals surface area (Å²) in [5.74, 6) is 1.39. The topological polar surface area (TPSA) is 85.1 Å². The lowest BCUT2D eigenvalue weighted by atomic mass is 9.85. The molecule has 0 spiro atoms. The van der Waals surface area contributed by atoms with Crippen LogP contribution in [0, 0.1) is 0 Å². The molecule has 6 nitrogen and oxygen atoms in total. The number of nitrogens with one attached hydrogen (secondary N) is 1. The van der Waals surface area contributed by atoms with E-state index >= 15 is 0 Å². The van der Waals surface area contributed by atoms with Crippen molar-refractivity contribution < 1.29 is 12.8 Å². The van der Waals surface area contributed by atoms with Gasteiger partial charge in [0.1, 0.15) is 4.21 Å². The zero-order valence-corrected chi connectivity index (χ0v) is 15.9. The molecule has 0 radical (unpaired) electrons. The molecule has 136 valence electrons. The van der Waals surface area contributed by atoms with E-state index in [0.29, 0.717) is 28.3 Å². The zero-order chi connectivity index (χ0) is 18.1. The van der Waals surface area contributed by atoms with Crippen molar-refractivity contribution in [2.24, 2.45) is 0 Å². The van der Waals surface area contributed by atoms with Gasteiger partial charge >= 0.3 is 0 Å². The van der Waals surface area contributed by atoms with E-state index in [1.165, 1.54) is 6.42 Å². The maximum absolute atomic E-state index is 12.6. The summed E-state index contributed by atoms with van der Waals surface area (Å²) in [7, 11) is -3.64. The number of nitrogens with zero attached hydrogens (tertiary/aromatic N) is 2. The number of anilines is 1. The molecule has 1 aliphatic carbocycles. The Morgan fingerprint density at radius 3 is 2.58 bits per heavy atom. The van der Waals surface area contributed by atoms with Crippen molar-refractivity contribution in [2.75, 3.05) is 4.72 Å². The molecule has 0 atom stereocenters. The molecule has 1 aromatic carbocycles. The fourth-order valence-electron chi connectivity index (χ4n) is 2.75. The van der Waals surface area contributed by atoms with Gasteiger partial charge in [-0.2, -0.15) is 0 Å². The van der Waals surface area contributed by atoms with E-state index in [1.54, 1.807) is 24.3 Å². The fourth-order valence-corrected chi connectivity index (χ4v) is 5.03. The zero-order valence-electron chi connectivity index (χ0n) is 14.3. The smallest absolute Gasteiger partial charge is 0.271 e. The summed E-state index contributed by atoms with van der Waals surface area (Å²) >= 11 is 1.12. The van der Waals surface area contributed by atoms with E-state index < -0.39 is 10.0 Å². The standard InChI is InChI=1S/C18H19N3O3S2/c1-2-12-6-8-14(9-7-12)21-26(22,23)16-11-10-15(25-16)18-20-19-17(24-18)13-4-3-5-13/h6-11,13,21H,2-5H2,1H3. The van der Waals surface area contributed by atoms with Gasteiger partial charge in [-0.1, -0.05) is 25.5 Å². The van der Waals surface area contributed by atoms with Crippen molar-refractivity contribution in [1.29, 1.82) is 0 Å². The van der Waals surface area contributed by atoms with Gasteiger partial charge in [-0.15, -0.1) is 21.5 Å². The highest BCUT2D eigenvalue weighted by Crippen LogP contribution is 2.37. The summed E-state index contributed by atoms with van der Waals surface area (Å²) in [5.41, 5.74) is 1.70. The fraction of sp³-hybridized carbons (Fsp3) is 0.333. The van der Waals surface area contributed by atoms with Crippen LogP contribution in [-0.2, 0) is 16.4 Å². The van der Waals surface area contributed by atoms with E-state index in [4.69, 9.17) is 4.42 Å². The molecule has 3 aromatic rings. The first-order valence-electron chi connectivity index (χ1n) is 8.60. The number of rotatable bonds is 6. The molecule has 1 fully saturated rings. The monoisotopic (exact) mass is 389 g/mol. The van der Waals surface area contributed by atoms with E-state index in [1.807, 2.05) is 12.1 Å². The van der Waals surface area contributed by atoms with Gasteiger partial charge in [0.2, 0.25) is 5.89 Å². The second-order valence-corrected chi connectivity index (χ2v) is 9.34. The maximum Gasteiger partial charge on any atom is 0.271 e. The molecule has 2 heterocycles. The maximum atomic E-state index is 12.6. The average molecular weight is 390 g/mol. The second-order valence-electron chi connectivity index (χ2n) is 6.35. The lowest BCUT2D eigenvalue weighted by molar-refractivity contribution is 0.338. The minimum atomic E-state index is -3.64. The van der Waals surface area contributed by atoms with Crippen LogP contribution >= 0.6 is 11.3 Å². The van der Waals surface area contributed by atoms with Crippen molar-refractivity contribution in [2.45, 2.75) is 42.7 Å². The number of aryl methyl sites for hydroxylation is 1. The van der Waals surface area contributed by atoms with Crippen molar-refractivity contribution in [3.63, 3.8) is 0 Å². The molecule has 2 aromatic heterocycles. The molecular formula is C18H19N3O3S2. The molecular weight excluding hydrogens is 370 g/mol. The molecule has 8 heteroatoms. The van der Waals surface area contributed by atoms with Crippen LogP contribution < -0.4 is 4.72 Å². The predicted molar refractivity (Wildman–Crippen MR) is 101 cm³/mol. The number of hydrogen-bond acceptors (Lipinski definition) is 6. The molecule has 26 heavy (non-hydrogen) atoms. The predicted octanol–water partition coefficient (Wildman–Crippen LogP) is 4.43. The molecule has 0 bridgehead atoms. The minimum absolute atomic E-state index is 0.218. The Bertz CT molecular complexity index is 1000. The van der Waals surface area contributed by atoms with E-state index in [-0.39, 0.29) is 4.21 Å². The van der Waals surface area contributed by atoms with Gasteiger partial charge in [-0.25, -0.2) is 8.42 Å². The minimum Gasteiger partial charge on any atom is -0.420 e. The van der Waals surface area contributed by atoms with Crippen LogP contribution in [0.5, 0.6) is 0 Å². The summed E-state index contributed by atoms with van der Waals surface area (Å²) in [5, 5.41) is 8.16. The van der Waals surface area contributed by atoms with Gasteiger partial charge < -0.3 is 4.42 Å². The van der Waals surface area contributed by atoms with Crippen LogP contribution in [-0.4, -0.2) is 18.6 Å². The normalized spacial score (nSPS) is 15.0. The second kappa shape index (κ2) is 6.85. The van der Waals surface area contributed by atoms with E-state index in [0.717, 1.165) is 36.2 Å². The summed E-state index contributed by atoms with van der Waals surface area (Å²) in [4.78, 5) is 0.657. The van der Waals surface area contributed by atoms with E-state index in [9.17, 15) is 8.42 Å². The molecule has 0 saturated heterocycles. The molecule has 0 unspecified atom stereocenters. The Hall–Kier alpha value is -2.19. The number of sulfonamides is 1. The van der Waals surface area contributed by atoms with Crippen molar-refractivity contribution in [3.8, 4) is 10.8 Å². The third-order valence-corrected chi connectivity index (χ3v) is 7.51. The van der Waals surface area contributed by atoms with Gasteiger partial charge in [0.15, 0.2) is 0 Å². The lowest BCUT2D eigenvalue weighted by Gasteiger charge is -2.20. The molecule has 1 aliphatic rings. The average Bonchev–Trinajstić information content (AvgIpc) is 3.23. The van der Waals surface area contributed by atoms with Gasteiger partial charge in [0, 0.05) is 11.6 Å². The number of aromatic nitrogens is 2. The van der Waals surface area contributed by atoms with Crippen LogP contribution in [0.3, 0.4) is 0 Å². The summed E-state index contributed by atoms with van der Waals surface area (Å²) in [6.45, 7) is 2.06. The Morgan fingerprint density at radius 2 is 1.92 bits per heavy atom. The summed E-state index contributed by atoms with van der Waals surface area (Å²) < 4.78 is 33.7. The number of thiophene rings is 1. The lowest BCUT2D eigenvalue weighted by Crippen LogP contribution is -2.11. The Morgan fingerprint density at radius 1 is 1.15 bits per heavy atom. The van der Waals surface area contributed by atoms with Gasteiger partial charge in [0.05, 0.1) is 4.88 Å². The number of hydrogen-bond donors (Lipinski definition) is 1. The van der Waals surface area contributed by atoms with Crippen LogP contribution in [0.25, 0.3) is 10.8 Å². The number of benzene rings is 1. The molecule has 1 saturated carbocycles. The van der Waals surface area contributed by atoms with Crippen LogP contribution in [0.15, 0.2) is 45.0 Å². The first-order valence-corrected chi connectivity index (χ1v) is 10.9. The van der Waals surface area contributed by atoms with Crippen molar-refractivity contribution in [3.05, 3.63) is 47.9 Å². The highest BCUT2D eigenvalue weighted by atomic mass is 32.2. The third-order valence-electron chi connectivity index (χ3n) is 4.57. The van der Waals surface area contributed by atoms with Gasteiger partial charge in [0.25, 0.3) is 15.9 Å². The molecule has 0 aliphatic heterocycles. The highest BCUT2D eigenvalue weighted by Gasteiger charge is 2.26. The Labute approximate surface area is 156 Å². The Kier molecular flexibility index (Phi) is 4.54. The van der Waals surface area contributed by atoms with Gasteiger partial charge in [-0.3, -0.25) is 4.72 Å². The van der Waals surface area contributed by atoms with E-state index in [2.05, 4.69) is 21.8 Å². The highest BCUT2D eigenvalue weighted by molar-refractivity contribution is 7.94. The third kappa shape index (κ3) is 3.39. The molecule has 1 N–H and O–H groups in total. The quantitative estimate of drug-likeness (QED) is 0.674. The molecule has 0 amide bonds. The van der Waals surface area contributed by atoms with Crippen LogP contribution in [0.4, 0.5) is 5.69 Å². The van der Waals surface area contributed by atoms with Gasteiger partial charge in [-0.05, 0) is 49.1 Å². The van der Waals surface area contributed by atoms with Crippen molar-refractivity contribution >= 4 is 27.0 Å². The first-order chi connectivity index (χ1) is 12.5. The summed E-state index contributed by atoms with van der Waals surface area (Å²) in [6, 6.07) is 10.6. The van der Waals surface area contributed by atoms with Crippen LogP contribution in [0.1, 0.15) is 43.6 Å². The van der Waals surface area contributed by atoms with Crippen LogP contribution in [0.2, 0.25) is 0 Å². The van der Waals surface area contributed by atoms with Crippen molar-refractivity contribution in [1.82, 2.24) is 10.2 Å².